The van der Waals surface area contributed by atoms with Crippen LogP contribution in [0.1, 0.15) is 55.7 Å². The Morgan fingerprint density at radius 1 is 0.581 bits per heavy atom. The number of nitrogens with zero attached hydrogens (tertiary/aromatic N) is 3. The van der Waals surface area contributed by atoms with Crippen molar-refractivity contribution in [3.05, 3.63) is 217 Å². The first-order valence-electron chi connectivity index (χ1n) is 22.1. The lowest BCUT2D eigenvalue weighted by Crippen LogP contribution is -2.08. The second kappa shape index (κ2) is 16.3. The highest BCUT2D eigenvalue weighted by molar-refractivity contribution is 6.14. The Hall–Kier alpha value is -7.27. The molecule has 4 nitrogen and oxygen atoms in total. The molecule has 1 unspecified atom stereocenters. The van der Waals surface area contributed by atoms with Crippen molar-refractivity contribution in [1.82, 2.24) is 9.13 Å². The number of fused-ring (bicyclic) bond motifs is 6. The molecule has 300 valence electrons. The van der Waals surface area contributed by atoms with Crippen molar-refractivity contribution in [2.75, 3.05) is 0 Å². The van der Waals surface area contributed by atoms with Crippen molar-refractivity contribution >= 4 is 55.5 Å². The lowest BCUT2D eigenvalue weighted by Gasteiger charge is -2.17. The molecule has 11 rings (SSSR count). The zero-order valence-corrected chi connectivity index (χ0v) is 34.8. The average molecular weight is 801 g/mol. The maximum Gasteiger partial charge on any atom is 0.0640 e. The summed E-state index contributed by atoms with van der Waals surface area (Å²) in [5.74, 6) is 0. The van der Waals surface area contributed by atoms with Crippen molar-refractivity contribution in [3.63, 3.8) is 0 Å². The molecule has 0 spiro atoms. The van der Waals surface area contributed by atoms with E-state index >= 15 is 0 Å². The van der Waals surface area contributed by atoms with Crippen molar-refractivity contribution in [2.45, 2.75) is 44.6 Å². The van der Waals surface area contributed by atoms with Gasteiger partial charge >= 0.3 is 0 Å². The Morgan fingerprint density at radius 2 is 1.27 bits per heavy atom. The van der Waals surface area contributed by atoms with E-state index in [9.17, 15) is 0 Å². The quantitative estimate of drug-likeness (QED) is 0.145. The van der Waals surface area contributed by atoms with Gasteiger partial charge in [0.1, 0.15) is 0 Å². The predicted octanol–water partition coefficient (Wildman–Crippen LogP) is 14.9. The third-order valence-electron chi connectivity index (χ3n) is 12.8. The van der Waals surface area contributed by atoms with E-state index in [0.29, 0.717) is 0 Å². The number of nitrogens with two attached hydrogens (primary N) is 1. The van der Waals surface area contributed by atoms with Gasteiger partial charge in [-0.3, -0.25) is 4.99 Å². The lowest BCUT2D eigenvalue weighted by molar-refractivity contribution is 0.724. The number of aliphatic imine (C=N–C) groups is 1. The van der Waals surface area contributed by atoms with E-state index in [-0.39, 0.29) is 6.04 Å². The number of hydrogen-bond acceptors (Lipinski definition) is 2. The molecular formula is C58H48N4. The van der Waals surface area contributed by atoms with Crippen molar-refractivity contribution < 1.29 is 0 Å². The molecule has 62 heavy (non-hydrogen) atoms. The van der Waals surface area contributed by atoms with E-state index in [2.05, 4.69) is 185 Å². The summed E-state index contributed by atoms with van der Waals surface area (Å²) in [5, 5.41) is 5.11. The minimum absolute atomic E-state index is 0.242. The van der Waals surface area contributed by atoms with Crippen LogP contribution in [0.25, 0.3) is 77.2 Å². The fourth-order valence-electron chi connectivity index (χ4n) is 9.69. The van der Waals surface area contributed by atoms with Gasteiger partial charge in [0.25, 0.3) is 0 Å². The van der Waals surface area contributed by atoms with Gasteiger partial charge in [0.15, 0.2) is 0 Å². The van der Waals surface area contributed by atoms with Crippen molar-refractivity contribution in [3.8, 4) is 27.9 Å². The van der Waals surface area contributed by atoms with E-state index in [1.54, 1.807) is 0 Å². The van der Waals surface area contributed by atoms with Gasteiger partial charge in [-0.25, -0.2) is 0 Å². The average Bonchev–Trinajstić information content (AvgIpc) is 3.86. The van der Waals surface area contributed by atoms with Crippen LogP contribution in [0.2, 0.25) is 0 Å². The molecule has 2 aliphatic rings. The fourth-order valence-corrected chi connectivity index (χ4v) is 9.69. The molecule has 2 N–H and O–H groups in total. The van der Waals surface area contributed by atoms with Crippen LogP contribution in [-0.4, -0.2) is 15.3 Å². The van der Waals surface area contributed by atoms with E-state index in [4.69, 9.17) is 10.7 Å². The molecule has 4 heteroatoms. The smallest absolute Gasteiger partial charge is 0.0640 e. The number of allylic oxidation sites excluding steroid dienone is 6. The van der Waals surface area contributed by atoms with E-state index < -0.39 is 0 Å². The number of para-hydroxylation sites is 3. The Bertz CT molecular complexity index is 3280. The van der Waals surface area contributed by atoms with Gasteiger partial charge in [0, 0.05) is 44.7 Å². The maximum absolute atomic E-state index is 6.68. The van der Waals surface area contributed by atoms with Crippen LogP contribution in [-0.2, 0) is 0 Å². The minimum atomic E-state index is -0.242. The summed E-state index contributed by atoms with van der Waals surface area (Å²) >= 11 is 0. The first-order valence-corrected chi connectivity index (χ1v) is 22.1. The molecule has 0 amide bonds. The standard InChI is InChI=1S/C58H48N4/c59-53(43-15-4-1-5-16-43)38-54(44-17-6-2-7-18-44)60-39-40-27-29-42(30-28-40)48-23-14-24-52-50-22-11-13-26-56(50)62(58(48)52)47-34-31-41(32-35-47)45-33-36-51-49-21-10-12-25-55(49)61(57(51)37-45)46-19-8-3-9-20-46/h1-2,4-6,10-17,19,21-39,53H,3,7-9,18,20,59H2/b54-38-,60-39?. The highest BCUT2D eigenvalue weighted by atomic mass is 15.0. The van der Waals surface area contributed by atoms with Crippen LogP contribution in [0.15, 0.2) is 210 Å². The summed E-state index contributed by atoms with van der Waals surface area (Å²) in [5.41, 5.74) is 23.2. The van der Waals surface area contributed by atoms with Crippen LogP contribution in [0.3, 0.4) is 0 Å². The van der Waals surface area contributed by atoms with Gasteiger partial charge in [-0.2, -0.15) is 0 Å². The van der Waals surface area contributed by atoms with E-state index in [1.807, 2.05) is 24.4 Å². The Kier molecular flexibility index (Phi) is 9.91. The van der Waals surface area contributed by atoms with E-state index in [1.165, 1.54) is 84.4 Å². The molecule has 0 radical (unpaired) electrons. The van der Waals surface area contributed by atoms with Gasteiger partial charge in [0.05, 0.1) is 33.8 Å². The van der Waals surface area contributed by atoms with Crippen LogP contribution >= 0.6 is 0 Å². The zero-order valence-electron chi connectivity index (χ0n) is 34.8. The summed E-state index contributed by atoms with van der Waals surface area (Å²) in [6, 6.07) is 59.3. The second-order valence-electron chi connectivity index (χ2n) is 16.7. The molecule has 0 saturated carbocycles. The van der Waals surface area contributed by atoms with Crippen LogP contribution in [0.5, 0.6) is 0 Å². The molecule has 2 heterocycles. The largest absolute Gasteiger partial charge is 0.321 e. The zero-order chi connectivity index (χ0) is 41.4. The molecule has 7 aromatic carbocycles. The summed E-state index contributed by atoms with van der Waals surface area (Å²) in [6.45, 7) is 0. The molecular weight excluding hydrogens is 753 g/mol. The van der Waals surface area contributed by atoms with Gasteiger partial charge in [-0.15, -0.1) is 0 Å². The number of rotatable bonds is 9. The third kappa shape index (κ3) is 6.93. The van der Waals surface area contributed by atoms with Gasteiger partial charge in [-0.05, 0) is 108 Å². The number of hydrogen-bond donors (Lipinski definition) is 1. The molecule has 0 bridgehead atoms. The fraction of sp³-hybridized carbons (Fsp3) is 0.121. The third-order valence-corrected chi connectivity index (χ3v) is 12.8. The molecule has 2 aromatic heterocycles. The van der Waals surface area contributed by atoms with Crippen molar-refractivity contribution in [2.24, 2.45) is 10.7 Å². The van der Waals surface area contributed by atoms with Crippen molar-refractivity contribution in [1.29, 1.82) is 0 Å². The normalized spacial score (nSPS) is 15.2. The molecule has 1 atom stereocenters. The number of benzene rings is 7. The monoisotopic (exact) mass is 800 g/mol. The lowest BCUT2D eigenvalue weighted by atomic mass is 9.98. The molecule has 2 aliphatic carbocycles. The second-order valence-corrected chi connectivity index (χ2v) is 16.7. The molecule has 0 saturated heterocycles. The summed E-state index contributed by atoms with van der Waals surface area (Å²) in [7, 11) is 0. The highest BCUT2D eigenvalue weighted by Crippen LogP contribution is 2.40. The minimum Gasteiger partial charge on any atom is -0.321 e. The molecule has 0 aliphatic heterocycles. The Labute approximate surface area is 363 Å². The van der Waals surface area contributed by atoms with Crippen LogP contribution in [0, 0.1) is 0 Å². The first kappa shape index (κ1) is 37.7. The van der Waals surface area contributed by atoms with Crippen LogP contribution < -0.4 is 5.73 Å². The first-order chi connectivity index (χ1) is 30.7. The van der Waals surface area contributed by atoms with Gasteiger partial charge < -0.3 is 14.9 Å². The van der Waals surface area contributed by atoms with Crippen LogP contribution in [0.4, 0.5) is 0 Å². The van der Waals surface area contributed by atoms with Gasteiger partial charge in [0.2, 0.25) is 0 Å². The molecule has 0 fully saturated rings. The molecule has 9 aromatic rings. The topological polar surface area (TPSA) is 48.2 Å². The maximum atomic E-state index is 6.68. The summed E-state index contributed by atoms with van der Waals surface area (Å²) in [6.07, 6.45) is 19.7. The summed E-state index contributed by atoms with van der Waals surface area (Å²) in [4.78, 5) is 5.04. The van der Waals surface area contributed by atoms with Gasteiger partial charge in [-0.1, -0.05) is 158 Å². The Balaban J connectivity index is 0.948. The highest BCUT2D eigenvalue weighted by Gasteiger charge is 2.19. The van der Waals surface area contributed by atoms with E-state index in [0.717, 1.165) is 53.8 Å². The number of aromatic nitrogens is 2. The summed E-state index contributed by atoms with van der Waals surface area (Å²) < 4.78 is 4.96. The predicted molar refractivity (Wildman–Crippen MR) is 263 cm³/mol. The Morgan fingerprint density at radius 3 is 2.03 bits per heavy atom. The SMILES string of the molecule is NC(/C=C(\N=Cc1ccc(-c2cccc3c4ccccc4n(-c4ccc(-c5ccc6c7ccccc7n(C7=CCCCC7)c6c5)cc4)c23)cc1)C1=CC=CCC1)c1ccccc1.